The van der Waals surface area contributed by atoms with Crippen LogP contribution < -0.4 is 9.80 Å². The van der Waals surface area contributed by atoms with Crippen LogP contribution in [0.3, 0.4) is 0 Å². The van der Waals surface area contributed by atoms with Crippen molar-refractivity contribution < 1.29 is 9.59 Å². The molecule has 0 saturated carbocycles. The van der Waals surface area contributed by atoms with Crippen molar-refractivity contribution in [2.75, 3.05) is 30.4 Å². The highest BCUT2D eigenvalue weighted by molar-refractivity contribution is 6.44. The second-order valence-corrected chi connectivity index (χ2v) is 6.19. The van der Waals surface area contributed by atoms with E-state index in [2.05, 4.69) is 16.9 Å². The molecule has 6 heteroatoms. The maximum Gasteiger partial charge on any atom is 0.274 e. The van der Waals surface area contributed by atoms with Crippen LogP contribution in [0.1, 0.15) is 26.2 Å². The molecular weight excluding hydrogens is 292 g/mol. The van der Waals surface area contributed by atoms with Crippen molar-refractivity contribution in [3.8, 4) is 0 Å². The summed E-state index contributed by atoms with van der Waals surface area (Å²) in [6.07, 6.45) is 1.63. The molecule has 122 valence electrons. The van der Waals surface area contributed by atoms with Gasteiger partial charge in [0.15, 0.2) is 0 Å². The molecule has 2 aliphatic heterocycles. The summed E-state index contributed by atoms with van der Waals surface area (Å²) in [4.78, 5) is 28.7. The zero-order valence-electron chi connectivity index (χ0n) is 13.8. The Morgan fingerprint density at radius 2 is 1.87 bits per heavy atom. The largest absolute Gasteiger partial charge is 0.373 e. The van der Waals surface area contributed by atoms with Crippen molar-refractivity contribution in [3.63, 3.8) is 0 Å². The second-order valence-electron chi connectivity index (χ2n) is 6.19. The third kappa shape index (κ3) is 2.81. The molecule has 1 aromatic carbocycles. The van der Waals surface area contributed by atoms with E-state index in [4.69, 9.17) is 0 Å². The van der Waals surface area contributed by atoms with Crippen molar-refractivity contribution in [1.82, 2.24) is 5.01 Å². The van der Waals surface area contributed by atoms with Crippen LogP contribution in [-0.2, 0) is 9.59 Å². The molecule has 1 aromatic rings. The Morgan fingerprint density at radius 3 is 2.57 bits per heavy atom. The van der Waals surface area contributed by atoms with E-state index in [9.17, 15) is 9.59 Å². The number of hydrogen-bond donors (Lipinski definition) is 0. The highest BCUT2D eigenvalue weighted by atomic mass is 16.2. The van der Waals surface area contributed by atoms with Gasteiger partial charge < -0.3 is 9.80 Å². The highest BCUT2D eigenvalue weighted by Gasteiger charge is 2.32. The van der Waals surface area contributed by atoms with Gasteiger partial charge >= 0.3 is 0 Å². The normalized spacial score (nSPS) is 21.7. The van der Waals surface area contributed by atoms with Crippen molar-refractivity contribution in [3.05, 3.63) is 24.3 Å². The Hall–Kier alpha value is -2.37. The van der Waals surface area contributed by atoms with Crippen LogP contribution in [0.25, 0.3) is 0 Å². The van der Waals surface area contributed by atoms with Gasteiger partial charge in [0.05, 0.1) is 11.4 Å². The molecule has 23 heavy (non-hydrogen) atoms. The van der Waals surface area contributed by atoms with E-state index >= 15 is 0 Å². The van der Waals surface area contributed by atoms with Gasteiger partial charge in [-0.15, -0.1) is 0 Å². The van der Waals surface area contributed by atoms with Gasteiger partial charge in [0.1, 0.15) is 5.71 Å². The third-order valence-corrected chi connectivity index (χ3v) is 4.55. The minimum Gasteiger partial charge on any atom is -0.373 e. The van der Waals surface area contributed by atoms with Crippen molar-refractivity contribution in [2.45, 2.75) is 32.2 Å². The summed E-state index contributed by atoms with van der Waals surface area (Å²) in [5, 5.41) is 5.47. The number of hydrazone groups is 1. The first kappa shape index (κ1) is 15.5. The summed E-state index contributed by atoms with van der Waals surface area (Å²) in [6, 6.07) is 8.02. The van der Waals surface area contributed by atoms with Crippen LogP contribution in [0.2, 0.25) is 0 Å². The summed E-state index contributed by atoms with van der Waals surface area (Å²) < 4.78 is 0. The van der Waals surface area contributed by atoms with Gasteiger partial charge in [-0.25, -0.2) is 5.01 Å². The van der Waals surface area contributed by atoms with E-state index in [1.807, 2.05) is 36.2 Å². The first-order chi connectivity index (χ1) is 11.0. The standard InChI is InChI=1S/C17H22N4O2/c1-12-10-11-19(2)14-6-4-5-7-15(14)21(12)17(23)13-8-9-16(22)20(3)18-13/h4-7,12H,8-11H2,1-3H3. The van der Waals surface area contributed by atoms with Crippen molar-refractivity contribution in [1.29, 1.82) is 0 Å². The summed E-state index contributed by atoms with van der Waals surface area (Å²) in [5.74, 6) is -0.148. The van der Waals surface area contributed by atoms with Crippen LogP contribution in [0.15, 0.2) is 29.4 Å². The predicted molar refractivity (Wildman–Crippen MR) is 90.7 cm³/mol. The molecule has 2 heterocycles. The van der Waals surface area contributed by atoms with Crippen LogP contribution in [0, 0.1) is 0 Å². The molecule has 6 nitrogen and oxygen atoms in total. The lowest BCUT2D eigenvalue weighted by atomic mass is 10.1. The minimum absolute atomic E-state index is 0.0504. The lowest BCUT2D eigenvalue weighted by Gasteiger charge is -2.30. The van der Waals surface area contributed by atoms with Gasteiger partial charge in [0.25, 0.3) is 5.91 Å². The summed E-state index contributed by atoms with van der Waals surface area (Å²) >= 11 is 0. The fourth-order valence-corrected chi connectivity index (χ4v) is 3.13. The number of nitrogens with zero attached hydrogens (tertiary/aromatic N) is 4. The van der Waals surface area contributed by atoms with E-state index in [1.54, 1.807) is 7.05 Å². The van der Waals surface area contributed by atoms with Gasteiger partial charge in [-0.05, 0) is 25.5 Å². The number of benzene rings is 1. The summed E-state index contributed by atoms with van der Waals surface area (Å²) in [7, 11) is 3.65. The first-order valence-electron chi connectivity index (χ1n) is 7.97. The Bertz CT molecular complexity index is 670. The first-order valence-corrected chi connectivity index (χ1v) is 7.97. The third-order valence-electron chi connectivity index (χ3n) is 4.55. The van der Waals surface area contributed by atoms with Crippen LogP contribution in [0.4, 0.5) is 11.4 Å². The van der Waals surface area contributed by atoms with E-state index < -0.39 is 0 Å². The molecule has 0 fully saturated rings. The smallest absolute Gasteiger partial charge is 0.274 e. The quantitative estimate of drug-likeness (QED) is 0.795. The van der Waals surface area contributed by atoms with Gasteiger partial charge in [-0.2, -0.15) is 5.10 Å². The molecule has 0 bridgehead atoms. The second kappa shape index (κ2) is 6.02. The monoisotopic (exact) mass is 314 g/mol. The number of para-hydroxylation sites is 2. The van der Waals surface area contributed by atoms with Crippen molar-refractivity contribution in [2.24, 2.45) is 5.10 Å². The predicted octanol–water partition coefficient (Wildman–Crippen LogP) is 1.86. The van der Waals surface area contributed by atoms with Crippen LogP contribution in [0.5, 0.6) is 0 Å². The number of anilines is 2. The van der Waals surface area contributed by atoms with Crippen molar-refractivity contribution >= 4 is 28.9 Å². The minimum atomic E-state index is -0.0976. The van der Waals surface area contributed by atoms with Gasteiger partial charge in [0.2, 0.25) is 5.91 Å². The Kier molecular flexibility index (Phi) is 4.07. The Morgan fingerprint density at radius 1 is 1.17 bits per heavy atom. The van der Waals surface area contributed by atoms with E-state index in [0.29, 0.717) is 18.6 Å². The summed E-state index contributed by atoms with van der Waals surface area (Å²) in [6.45, 7) is 2.96. The van der Waals surface area contributed by atoms with Crippen LogP contribution >= 0.6 is 0 Å². The van der Waals surface area contributed by atoms with E-state index in [-0.39, 0.29) is 17.9 Å². The topological polar surface area (TPSA) is 56.2 Å². The number of hydrogen-bond acceptors (Lipinski definition) is 4. The molecule has 0 aromatic heterocycles. The fourth-order valence-electron chi connectivity index (χ4n) is 3.13. The summed E-state index contributed by atoms with van der Waals surface area (Å²) in [5.41, 5.74) is 2.41. The highest BCUT2D eigenvalue weighted by Crippen LogP contribution is 2.34. The van der Waals surface area contributed by atoms with E-state index in [0.717, 1.165) is 24.3 Å². The van der Waals surface area contributed by atoms with Gasteiger partial charge in [-0.3, -0.25) is 9.59 Å². The molecule has 2 aliphatic rings. The Labute approximate surface area is 136 Å². The molecule has 0 N–H and O–H groups in total. The number of amides is 2. The fraction of sp³-hybridized carbons (Fsp3) is 0.471. The van der Waals surface area contributed by atoms with E-state index in [1.165, 1.54) is 5.01 Å². The molecule has 0 radical (unpaired) electrons. The zero-order valence-corrected chi connectivity index (χ0v) is 13.8. The maximum absolute atomic E-state index is 13.1. The average Bonchev–Trinajstić information content (AvgIpc) is 2.67. The molecule has 1 atom stereocenters. The molecule has 0 spiro atoms. The SMILES string of the molecule is CC1CCN(C)c2ccccc2N1C(=O)C1=NN(C)C(=O)CC1. The molecular formula is C17H22N4O2. The van der Waals surface area contributed by atoms with Gasteiger partial charge in [-0.1, -0.05) is 12.1 Å². The Balaban J connectivity index is 2.00. The lowest BCUT2D eigenvalue weighted by Crippen LogP contribution is -2.45. The number of rotatable bonds is 1. The lowest BCUT2D eigenvalue weighted by molar-refractivity contribution is -0.130. The number of carbonyl (C=O) groups excluding carboxylic acids is 2. The molecule has 0 saturated heterocycles. The van der Waals surface area contributed by atoms with Crippen LogP contribution in [-0.4, -0.2) is 49.2 Å². The zero-order chi connectivity index (χ0) is 16.6. The average molecular weight is 314 g/mol. The molecule has 2 amide bonds. The molecule has 0 aliphatic carbocycles. The number of fused-ring (bicyclic) bond motifs is 1. The van der Waals surface area contributed by atoms with Gasteiger partial charge in [0, 0.05) is 39.5 Å². The molecule has 1 unspecified atom stereocenters. The number of carbonyl (C=O) groups is 2. The maximum atomic E-state index is 13.1. The molecule has 3 rings (SSSR count).